The normalized spacial score (nSPS) is 10.2. The van der Waals surface area contributed by atoms with Crippen LogP contribution < -0.4 is 4.74 Å². The number of benzene rings is 1. The second-order valence-electron chi connectivity index (χ2n) is 3.74. The van der Waals surface area contributed by atoms with Crippen LogP contribution in [0.1, 0.15) is 15.2 Å². The number of carboxylic acids is 1. The Morgan fingerprint density at radius 1 is 1.45 bits per heavy atom. The van der Waals surface area contributed by atoms with Crippen molar-refractivity contribution in [2.45, 2.75) is 6.61 Å². The Labute approximate surface area is 122 Å². The van der Waals surface area contributed by atoms with Gasteiger partial charge in [-0.15, -0.1) is 11.3 Å². The van der Waals surface area contributed by atoms with Crippen LogP contribution in [0.4, 0.5) is 5.69 Å². The second kappa shape index (κ2) is 5.89. The fraction of sp³-hybridized carbons (Fsp3) is 0.0833. The maximum absolute atomic E-state index is 10.9. The Morgan fingerprint density at radius 2 is 2.20 bits per heavy atom. The summed E-state index contributed by atoms with van der Waals surface area (Å²) in [7, 11) is 0. The molecule has 1 N–H and O–H groups in total. The Hall–Kier alpha value is -2.12. The Bertz CT molecular complexity index is 670. The number of hydrogen-bond acceptors (Lipinski definition) is 5. The van der Waals surface area contributed by atoms with E-state index in [1.54, 1.807) is 5.38 Å². The van der Waals surface area contributed by atoms with E-state index in [4.69, 9.17) is 21.4 Å². The molecule has 0 aliphatic carbocycles. The van der Waals surface area contributed by atoms with Crippen LogP contribution in [-0.2, 0) is 6.61 Å². The van der Waals surface area contributed by atoms with Crippen molar-refractivity contribution >= 4 is 34.6 Å². The lowest BCUT2D eigenvalue weighted by Gasteiger charge is -2.06. The Morgan fingerprint density at radius 3 is 2.85 bits per heavy atom. The van der Waals surface area contributed by atoms with E-state index in [1.807, 2.05) is 0 Å². The van der Waals surface area contributed by atoms with Gasteiger partial charge >= 0.3 is 5.97 Å². The van der Waals surface area contributed by atoms with Crippen LogP contribution in [0.3, 0.4) is 0 Å². The molecule has 2 rings (SSSR count). The fourth-order valence-corrected chi connectivity index (χ4v) is 2.44. The number of rotatable bonds is 5. The van der Waals surface area contributed by atoms with Gasteiger partial charge in [0.15, 0.2) is 4.88 Å². The highest BCUT2D eigenvalue weighted by atomic mass is 35.5. The molecule has 0 aliphatic heterocycles. The molecule has 0 saturated heterocycles. The molecular weight excluding hydrogens is 306 g/mol. The van der Waals surface area contributed by atoms with Crippen LogP contribution in [-0.4, -0.2) is 16.0 Å². The van der Waals surface area contributed by atoms with Gasteiger partial charge in [0.1, 0.15) is 12.4 Å². The third-order valence-corrected chi connectivity index (χ3v) is 3.56. The van der Waals surface area contributed by atoms with E-state index in [0.29, 0.717) is 5.02 Å². The molecule has 20 heavy (non-hydrogen) atoms. The number of nitro benzene ring substituents is 1. The van der Waals surface area contributed by atoms with Crippen molar-refractivity contribution < 1.29 is 19.6 Å². The minimum atomic E-state index is -1.10. The summed E-state index contributed by atoms with van der Waals surface area (Å²) in [6, 6.07) is 5.63. The number of halogens is 1. The van der Waals surface area contributed by atoms with Gasteiger partial charge in [0.2, 0.25) is 0 Å². The van der Waals surface area contributed by atoms with Gasteiger partial charge in [0.25, 0.3) is 5.69 Å². The van der Waals surface area contributed by atoms with Gasteiger partial charge in [-0.3, -0.25) is 10.1 Å². The van der Waals surface area contributed by atoms with Gasteiger partial charge in [-0.05, 0) is 23.6 Å². The zero-order chi connectivity index (χ0) is 14.7. The number of nitrogens with zero attached hydrogens (tertiary/aromatic N) is 1. The van der Waals surface area contributed by atoms with Crippen LogP contribution in [0, 0.1) is 10.1 Å². The number of ether oxygens (including phenoxy) is 1. The second-order valence-corrected chi connectivity index (χ2v) is 5.09. The van der Waals surface area contributed by atoms with E-state index in [0.717, 1.165) is 11.3 Å². The summed E-state index contributed by atoms with van der Waals surface area (Å²) in [5, 5.41) is 21.7. The molecule has 0 radical (unpaired) electrons. The average molecular weight is 314 g/mol. The molecule has 0 saturated carbocycles. The zero-order valence-electron chi connectivity index (χ0n) is 9.91. The first kappa shape index (κ1) is 14.3. The summed E-state index contributed by atoms with van der Waals surface area (Å²) in [4.78, 5) is 21.3. The van der Waals surface area contributed by atoms with Crippen LogP contribution in [0.5, 0.6) is 5.75 Å². The van der Waals surface area contributed by atoms with Gasteiger partial charge in [-0.25, -0.2) is 4.79 Å². The SMILES string of the molecule is O=C(O)c1sccc1OCc1cc(Cl)ccc1[N+](=O)[O-]. The molecule has 1 aromatic heterocycles. The number of carbonyl (C=O) groups is 1. The highest BCUT2D eigenvalue weighted by molar-refractivity contribution is 7.12. The molecule has 6 nitrogen and oxygen atoms in total. The lowest BCUT2D eigenvalue weighted by molar-refractivity contribution is -0.385. The summed E-state index contributed by atoms with van der Waals surface area (Å²) < 4.78 is 5.34. The highest BCUT2D eigenvalue weighted by Gasteiger charge is 2.17. The van der Waals surface area contributed by atoms with Gasteiger partial charge in [0, 0.05) is 11.1 Å². The van der Waals surface area contributed by atoms with Crippen LogP contribution in [0.25, 0.3) is 0 Å². The number of aromatic carboxylic acids is 1. The summed E-state index contributed by atoms with van der Waals surface area (Å²) in [5.74, 6) is -0.924. The lowest BCUT2D eigenvalue weighted by atomic mass is 10.2. The quantitative estimate of drug-likeness (QED) is 0.673. The average Bonchev–Trinajstić information content (AvgIpc) is 2.84. The van der Waals surface area contributed by atoms with Crippen molar-refractivity contribution in [3.05, 3.63) is 55.2 Å². The summed E-state index contributed by atoms with van der Waals surface area (Å²) in [6.45, 7) is -0.131. The molecule has 104 valence electrons. The van der Waals surface area contributed by atoms with E-state index in [1.165, 1.54) is 24.3 Å². The Kier molecular flexibility index (Phi) is 4.21. The lowest BCUT2D eigenvalue weighted by Crippen LogP contribution is -2.03. The molecule has 8 heteroatoms. The topological polar surface area (TPSA) is 89.7 Å². The molecule has 0 bridgehead atoms. The number of hydrogen-bond donors (Lipinski definition) is 1. The third-order valence-electron chi connectivity index (χ3n) is 2.44. The largest absolute Gasteiger partial charge is 0.487 e. The summed E-state index contributed by atoms with van der Waals surface area (Å²) in [5.41, 5.74) is 0.159. The van der Waals surface area contributed by atoms with E-state index in [9.17, 15) is 14.9 Å². The van der Waals surface area contributed by atoms with E-state index >= 15 is 0 Å². The molecule has 0 unspecified atom stereocenters. The molecule has 1 aromatic carbocycles. The van der Waals surface area contributed by atoms with Gasteiger partial charge < -0.3 is 9.84 Å². The van der Waals surface area contributed by atoms with Crippen LogP contribution in [0.15, 0.2) is 29.6 Å². The van der Waals surface area contributed by atoms with E-state index < -0.39 is 10.9 Å². The maximum atomic E-state index is 10.9. The predicted molar refractivity (Wildman–Crippen MR) is 73.7 cm³/mol. The first-order valence-corrected chi connectivity index (χ1v) is 6.61. The molecule has 2 aromatic rings. The fourth-order valence-electron chi connectivity index (χ4n) is 1.57. The molecule has 0 spiro atoms. The van der Waals surface area contributed by atoms with Gasteiger partial charge in [-0.1, -0.05) is 11.6 Å². The van der Waals surface area contributed by atoms with E-state index in [-0.39, 0.29) is 28.5 Å². The first-order chi connectivity index (χ1) is 9.49. The van der Waals surface area contributed by atoms with Crippen molar-refractivity contribution in [3.8, 4) is 5.75 Å². The molecule has 0 fully saturated rings. The number of thiophene rings is 1. The molecule has 0 atom stereocenters. The van der Waals surface area contributed by atoms with Crippen molar-refractivity contribution in [3.63, 3.8) is 0 Å². The van der Waals surface area contributed by atoms with Crippen molar-refractivity contribution in [1.29, 1.82) is 0 Å². The minimum Gasteiger partial charge on any atom is -0.487 e. The molecule has 1 heterocycles. The monoisotopic (exact) mass is 313 g/mol. The maximum Gasteiger partial charge on any atom is 0.349 e. The third kappa shape index (κ3) is 3.06. The summed E-state index contributed by atoms with van der Waals surface area (Å²) in [6.07, 6.45) is 0. The van der Waals surface area contributed by atoms with E-state index in [2.05, 4.69) is 0 Å². The smallest absolute Gasteiger partial charge is 0.349 e. The van der Waals surface area contributed by atoms with Gasteiger partial charge in [0.05, 0.1) is 10.5 Å². The van der Waals surface area contributed by atoms with Crippen LogP contribution in [0.2, 0.25) is 5.02 Å². The Balaban J connectivity index is 2.22. The van der Waals surface area contributed by atoms with Crippen LogP contribution >= 0.6 is 22.9 Å². The molecule has 0 amide bonds. The van der Waals surface area contributed by atoms with Crippen molar-refractivity contribution in [2.75, 3.05) is 0 Å². The standard InChI is InChI=1S/C12H8ClNO5S/c13-8-1-2-9(14(17)18)7(5-8)6-19-10-3-4-20-11(10)12(15)16/h1-5H,6H2,(H,15,16). The molecular formula is C12H8ClNO5S. The summed E-state index contributed by atoms with van der Waals surface area (Å²) >= 11 is 6.82. The number of nitro groups is 1. The minimum absolute atomic E-state index is 0.0506. The highest BCUT2D eigenvalue weighted by Crippen LogP contribution is 2.28. The molecule has 0 aliphatic rings. The van der Waals surface area contributed by atoms with Crippen molar-refractivity contribution in [2.24, 2.45) is 0 Å². The first-order valence-electron chi connectivity index (χ1n) is 5.35. The van der Waals surface area contributed by atoms with Crippen molar-refractivity contribution in [1.82, 2.24) is 0 Å². The predicted octanol–water partition coefficient (Wildman–Crippen LogP) is 3.59. The number of carboxylic acid groups (broad SMARTS) is 1. The zero-order valence-corrected chi connectivity index (χ0v) is 11.5. The van der Waals surface area contributed by atoms with Gasteiger partial charge in [-0.2, -0.15) is 0 Å².